The third-order valence-corrected chi connectivity index (χ3v) is 0.719. The van der Waals surface area contributed by atoms with Gasteiger partial charge in [-0.05, 0) is 0 Å². The van der Waals surface area contributed by atoms with Gasteiger partial charge in [0.15, 0.2) is 0 Å². The smallest absolute Gasteiger partial charge is 0.102 e. The summed E-state index contributed by atoms with van der Waals surface area (Å²) in [5, 5.41) is 9.27. The second-order valence-corrected chi connectivity index (χ2v) is 1.48. The molecule has 0 aromatic heterocycles. The minimum atomic E-state index is -0.384. The molecular weight excluding hydrogens is 99.5 g/mol. The van der Waals surface area contributed by atoms with Gasteiger partial charge in [0.2, 0.25) is 0 Å². The van der Waals surface area contributed by atoms with Gasteiger partial charge in [0.25, 0.3) is 0 Å². The lowest BCUT2D eigenvalue weighted by Gasteiger charge is -1.88. The Hall–Kier alpha value is -0.0100. The van der Waals surface area contributed by atoms with Crippen LogP contribution in [0.15, 0.2) is 12.7 Å². The molecule has 0 aliphatic rings. The van der Waals surface area contributed by atoms with Gasteiger partial charge in [0.05, 0.1) is 5.38 Å². The molecule has 0 aromatic carbocycles. The second-order valence-electron chi connectivity index (χ2n) is 0.918. The van der Waals surface area contributed by atoms with E-state index in [-0.39, 0.29) is 12.0 Å². The fourth-order valence-electron chi connectivity index (χ4n) is 0.0680. The Morgan fingerprint density at radius 2 is 2.50 bits per heavy atom. The van der Waals surface area contributed by atoms with E-state index in [4.69, 9.17) is 11.6 Å². The molecule has 0 heterocycles. The predicted octanol–water partition coefficient (Wildman–Crippen LogP) is 1.21. The summed E-state index contributed by atoms with van der Waals surface area (Å²) >= 11 is 5.22. The molecule has 0 aliphatic heterocycles. The molecule has 35 valence electrons. The Kier molecular flexibility index (Phi) is 3.19. The van der Waals surface area contributed by atoms with Gasteiger partial charge in [-0.1, -0.05) is 6.08 Å². The maximum atomic E-state index is 9.66. The van der Waals surface area contributed by atoms with Crippen molar-refractivity contribution >= 4 is 11.6 Å². The molecule has 2 heteroatoms. The van der Waals surface area contributed by atoms with E-state index >= 15 is 0 Å². The van der Waals surface area contributed by atoms with Crippen molar-refractivity contribution in [3.63, 3.8) is 0 Å². The summed E-state index contributed by atoms with van der Waals surface area (Å²) in [6, 6.07) is 0. The van der Waals surface area contributed by atoms with E-state index in [0.29, 0.717) is 0 Å². The van der Waals surface area contributed by atoms with Gasteiger partial charge in [0.1, 0.15) is 6.61 Å². The lowest BCUT2D eigenvalue weighted by molar-refractivity contribution is 0.202. The molecule has 0 aromatic rings. The third-order valence-electron chi connectivity index (χ3n) is 0.415. The van der Waals surface area contributed by atoms with E-state index in [9.17, 15) is 5.11 Å². The van der Waals surface area contributed by atoms with Crippen LogP contribution in [0.4, 0.5) is 0 Å². The molecule has 1 nitrogen and oxygen atoms in total. The molecule has 1 atom stereocenters. The van der Waals surface area contributed by atoms with E-state index in [0.717, 1.165) is 0 Å². The summed E-state index contributed by atoms with van der Waals surface area (Å²) in [5.74, 6) is 0. The van der Waals surface area contributed by atoms with Crippen molar-refractivity contribution in [2.45, 2.75) is 5.38 Å². The number of hydrogen-bond donors (Lipinski definition) is 0. The highest BCUT2D eigenvalue weighted by atomic mass is 35.5. The largest absolute Gasteiger partial charge is 0.235 e. The number of alkyl halides is 1. The molecule has 0 fully saturated rings. The Balaban J connectivity index is 2.96. The molecule has 0 bridgehead atoms. The average molecular weight is 106 g/mol. The Labute approximate surface area is 42.2 Å². The normalized spacial score (nSPS) is 13.7. The van der Waals surface area contributed by atoms with Gasteiger partial charge in [-0.2, -0.15) is 0 Å². The minimum Gasteiger partial charge on any atom is -0.235 e. The zero-order valence-corrected chi connectivity index (χ0v) is 4.11. The Morgan fingerprint density at radius 3 is 2.50 bits per heavy atom. The first-order chi connectivity index (χ1) is 2.81. The molecule has 0 aliphatic carbocycles. The van der Waals surface area contributed by atoms with Crippen LogP contribution in [0.5, 0.6) is 0 Å². The fourth-order valence-corrected chi connectivity index (χ4v) is 0.0680. The van der Waals surface area contributed by atoms with Gasteiger partial charge in [-0.15, -0.1) is 18.2 Å². The highest BCUT2D eigenvalue weighted by Crippen LogP contribution is 1.91. The first-order valence-corrected chi connectivity index (χ1v) is 2.09. The van der Waals surface area contributed by atoms with Crippen molar-refractivity contribution in [1.82, 2.24) is 0 Å². The molecule has 6 heavy (non-hydrogen) atoms. The molecule has 0 amide bonds. The van der Waals surface area contributed by atoms with Crippen molar-refractivity contribution < 1.29 is 5.11 Å². The molecule has 0 saturated carbocycles. The lowest BCUT2D eigenvalue weighted by Crippen LogP contribution is -1.95. The second kappa shape index (κ2) is 3.19. The van der Waals surface area contributed by atoms with Gasteiger partial charge < -0.3 is 0 Å². The highest BCUT2D eigenvalue weighted by Gasteiger charge is 1.91. The van der Waals surface area contributed by atoms with Crippen LogP contribution in [-0.4, -0.2) is 12.0 Å². The molecule has 0 saturated heterocycles. The Bertz CT molecular complexity index is 44.8. The van der Waals surface area contributed by atoms with Crippen LogP contribution >= 0.6 is 11.6 Å². The Morgan fingerprint density at radius 1 is 2.00 bits per heavy atom. The van der Waals surface area contributed by atoms with Gasteiger partial charge in [-0.3, -0.25) is 0 Å². The first-order valence-electron chi connectivity index (χ1n) is 1.66. The average Bonchev–Trinajstić information content (AvgIpc) is 1.65. The molecular formula is C4H6ClO. The van der Waals surface area contributed by atoms with E-state index in [1.807, 2.05) is 0 Å². The van der Waals surface area contributed by atoms with Gasteiger partial charge >= 0.3 is 0 Å². The van der Waals surface area contributed by atoms with Gasteiger partial charge in [0, 0.05) is 0 Å². The van der Waals surface area contributed by atoms with E-state index in [1.54, 1.807) is 0 Å². The summed E-state index contributed by atoms with van der Waals surface area (Å²) in [7, 11) is 0. The van der Waals surface area contributed by atoms with Crippen LogP contribution in [0.1, 0.15) is 0 Å². The van der Waals surface area contributed by atoms with Crippen LogP contribution in [0.3, 0.4) is 0 Å². The summed E-state index contributed by atoms with van der Waals surface area (Å²) in [6.07, 6.45) is 1.43. The molecule has 1 unspecified atom stereocenters. The molecule has 0 rings (SSSR count). The van der Waals surface area contributed by atoms with Crippen LogP contribution in [-0.2, 0) is 5.11 Å². The standard InChI is InChI=1S/C4H6ClO/c1-2-4(5)3-6/h2,4H,1,3H2. The van der Waals surface area contributed by atoms with Crippen molar-refractivity contribution in [3.05, 3.63) is 12.7 Å². The summed E-state index contributed by atoms with van der Waals surface area (Å²) in [4.78, 5) is 0. The van der Waals surface area contributed by atoms with E-state index < -0.39 is 0 Å². The van der Waals surface area contributed by atoms with Crippen molar-refractivity contribution in [3.8, 4) is 0 Å². The summed E-state index contributed by atoms with van der Waals surface area (Å²) in [6.45, 7) is 3.03. The maximum absolute atomic E-state index is 9.66. The quantitative estimate of drug-likeness (QED) is 0.372. The maximum Gasteiger partial charge on any atom is 0.102 e. The molecule has 1 radical (unpaired) electrons. The summed E-state index contributed by atoms with van der Waals surface area (Å²) < 4.78 is 0. The van der Waals surface area contributed by atoms with Crippen molar-refractivity contribution in [2.24, 2.45) is 0 Å². The zero-order chi connectivity index (χ0) is 4.99. The molecule has 0 N–H and O–H groups in total. The van der Waals surface area contributed by atoms with E-state index in [2.05, 4.69) is 6.58 Å². The zero-order valence-electron chi connectivity index (χ0n) is 3.36. The summed E-state index contributed by atoms with van der Waals surface area (Å²) in [5.41, 5.74) is 0. The van der Waals surface area contributed by atoms with Crippen LogP contribution < -0.4 is 0 Å². The fraction of sp³-hybridized carbons (Fsp3) is 0.500. The van der Waals surface area contributed by atoms with Crippen LogP contribution in [0.25, 0.3) is 0 Å². The topological polar surface area (TPSA) is 19.9 Å². The van der Waals surface area contributed by atoms with Crippen molar-refractivity contribution in [1.29, 1.82) is 0 Å². The van der Waals surface area contributed by atoms with Crippen LogP contribution in [0.2, 0.25) is 0 Å². The number of rotatable bonds is 2. The first kappa shape index (κ1) is 5.99. The van der Waals surface area contributed by atoms with Crippen LogP contribution in [0, 0.1) is 0 Å². The monoisotopic (exact) mass is 105 g/mol. The predicted molar refractivity (Wildman–Crippen MR) is 25.4 cm³/mol. The van der Waals surface area contributed by atoms with Crippen molar-refractivity contribution in [2.75, 3.05) is 6.61 Å². The SMILES string of the molecule is C=CC(Cl)C[O]. The molecule has 0 spiro atoms. The minimum absolute atomic E-state index is 0.273. The van der Waals surface area contributed by atoms with E-state index in [1.165, 1.54) is 6.08 Å². The van der Waals surface area contributed by atoms with Gasteiger partial charge in [-0.25, -0.2) is 5.11 Å². The number of halogens is 1. The third kappa shape index (κ3) is 2.24. The highest BCUT2D eigenvalue weighted by molar-refractivity contribution is 6.21. The lowest BCUT2D eigenvalue weighted by atomic mass is 10.4. The number of hydrogen-bond acceptors (Lipinski definition) is 0.